The van der Waals surface area contributed by atoms with Gasteiger partial charge < -0.3 is 15.0 Å². The Labute approximate surface area is 141 Å². The lowest BCUT2D eigenvalue weighted by molar-refractivity contribution is -0.132. The molecule has 2 aromatic carbocycles. The normalized spacial score (nSPS) is 9.88. The second-order valence-corrected chi connectivity index (χ2v) is 5.18. The van der Waals surface area contributed by atoms with Crippen molar-refractivity contribution >= 4 is 17.5 Å². The Balaban J connectivity index is 1.92. The summed E-state index contributed by atoms with van der Waals surface area (Å²) in [6.07, 6.45) is 1.59. The van der Waals surface area contributed by atoms with Crippen LogP contribution in [0.1, 0.15) is 6.92 Å². The zero-order valence-electron chi connectivity index (χ0n) is 13.6. The molecule has 2 aromatic rings. The number of hydrogen-bond donors (Lipinski definition) is 1. The Morgan fingerprint density at radius 1 is 1.08 bits per heavy atom. The van der Waals surface area contributed by atoms with Crippen molar-refractivity contribution in [1.82, 2.24) is 4.90 Å². The summed E-state index contributed by atoms with van der Waals surface area (Å²) >= 11 is 0. The summed E-state index contributed by atoms with van der Waals surface area (Å²) in [7, 11) is 0. The lowest BCUT2D eigenvalue weighted by Gasteiger charge is -2.18. The number of nitrogens with one attached hydrogen (secondary N) is 1. The van der Waals surface area contributed by atoms with Crippen LogP contribution < -0.4 is 10.1 Å². The molecule has 0 spiro atoms. The first-order valence-electron chi connectivity index (χ1n) is 7.57. The van der Waals surface area contributed by atoms with Crippen LogP contribution >= 0.6 is 0 Å². The van der Waals surface area contributed by atoms with Crippen LogP contribution in [0.4, 0.5) is 5.69 Å². The van der Waals surface area contributed by atoms with Crippen LogP contribution in [0.3, 0.4) is 0 Å². The molecule has 0 saturated carbocycles. The number of ether oxygens (including phenoxy) is 1. The minimum Gasteiger partial charge on any atom is -0.457 e. The molecule has 2 rings (SSSR count). The number of amides is 2. The average molecular weight is 324 g/mol. The smallest absolute Gasteiger partial charge is 0.244 e. The van der Waals surface area contributed by atoms with Crippen LogP contribution in [-0.4, -0.2) is 29.8 Å². The number of para-hydroxylation sites is 1. The van der Waals surface area contributed by atoms with Crippen LogP contribution in [0.5, 0.6) is 11.5 Å². The summed E-state index contributed by atoms with van der Waals surface area (Å²) in [6, 6.07) is 16.5. The predicted octanol–water partition coefficient (Wildman–Crippen LogP) is 3.45. The van der Waals surface area contributed by atoms with Gasteiger partial charge in [0, 0.05) is 19.2 Å². The lowest BCUT2D eigenvalue weighted by Crippen LogP contribution is -2.36. The first kappa shape index (κ1) is 17.3. The molecule has 0 bridgehead atoms. The number of nitrogens with zero attached hydrogens (tertiary/aromatic N) is 1. The number of rotatable bonds is 7. The molecule has 0 saturated heterocycles. The molecule has 0 heterocycles. The van der Waals surface area contributed by atoms with Crippen molar-refractivity contribution in [2.24, 2.45) is 0 Å². The van der Waals surface area contributed by atoms with Crippen LogP contribution in [0.25, 0.3) is 0 Å². The molecule has 24 heavy (non-hydrogen) atoms. The Bertz CT molecular complexity index is 696. The van der Waals surface area contributed by atoms with Gasteiger partial charge in [0.25, 0.3) is 0 Å². The highest BCUT2D eigenvalue weighted by molar-refractivity contribution is 5.94. The van der Waals surface area contributed by atoms with Gasteiger partial charge in [-0.05, 0) is 36.4 Å². The van der Waals surface area contributed by atoms with Gasteiger partial charge in [-0.15, -0.1) is 6.58 Å². The van der Waals surface area contributed by atoms with E-state index in [1.807, 2.05) is 30.3 Å². The zero-order valence-corrected chi connectivity index (χ0v) is 13.6. The number of benzene rings is 2. The van der Waals surface area contributed by atoms with E-state index in [1.54, 1.807) is 30.3 Å². The van der Waals surface area contributed by atoms with Gasteiger partial charge in [0.1, 0.15) is 18.0 Å². The molecule has 0 atom stereocenters. The molecule has 124 valence electrons. The SMILES string of the molecule is C=CCN(CC(=O)Nc1ccc(Oc2ccccc2)cc1)C(C)=O. The van der Waals surface area contributed by atoms with Gasteiger partial charge in [0.15, 0.2) is 0 Å². The van der Waals surface area contributed by atoms with E-state index in [1.165, 1.54) is 11.8 Å². The Kier molecular flexibility index (Phi) is 6.14. The third-order valence-electron chi connectivity index (χ3n) is 3.25. The zero-order chi connectivity index (χ0) is 17.4. The number of anilines is 1. The fourth-order valence-electron chi connectivity index (χ4n) is 2.07. The van der Waals surface area contributed by atoms with Gasteiger partial charge in [-0.1, -0.05) is 24.3 Å². The molecule has 0 aliphatic carbocycles. The molecule has 0 aliphatic rings. The second-order valence-electron chi connectivity index (χ2n) is 5.18. The highest BCUT2D eigenvalue weighted by Crippen LogP contribution is 2.22. The second kappa shape index (κ2) is 8.53. The van der Waals surface area contributed by atoms with Gasteiger partial charge in [-0.2, -0.15) is 0 Å². The number of carbonyl (C=O) groups is 2. The van der Waals surface area contributed by atoms with E-state index in [4.69, 9.17) is 4.74 Å². The van der Waals surface area contributed by atoms with E-state index in [0.717, 1.165) is 5.75 Å². The van der Waals surface area contributed by atoms with Crippen LogP contribution in [-0.2, 0) is 9.59 Å². The Morgan fingerprint density at radius 3 is 2.29 bits per heavy atom. The largest absolute Gasteiger partial charge is 0.457 e. The average Bonchev–Trinajstić information content (AvgIpc) is 2.57. The summed E-state index contributed by atoms with van der Waals surface area (Å²) in [4.78, 5) is 24.8. The first-order chi connectivity index (χ1) is 11.6. The molecule has 2 amide bonds. The minimum atomic E-state index is -0.260. The molecule has 5 heteroatoms. The van der Waals surface area contributed by atoms with Crippen molar-refractivity contribution in [3.8, 4) is 11.5 Å². The highest BCUT2D eigenvalue weighted by atomic mass is 16.5. The monoisotopic (exact) mass is 324 g/mol. The molecule has 0 radical (unpaired) electrons. The van der Waals surface area contributed by atoms with Gasteiger partial charge in [0.2, 0.25) is 11.8 Å². The van der Waals surface area contributed by atoms with E-state index >= 15 is 0 Å². The topological polar surface area (TPSA) is 58.6 Å². The molecule has 0 aliphatic heterocycles. The van der Waals surface area contributed by atoms with Gasteiger partial charge in [-0.3, -0.25) is 9.59 Å². The van der Waals surface area contributed by atoms with E-state index in [9.17, 15) is 9.59 Å². The maximum absolute atomic E-state index is 12.0. The van der Waals surface area contributed by atoms with Crippen molar-refractivity contribution in [2.45, 2.75) is 6.92 Å². The van der Waals surface area contributed by atoms with Crippen LogP contribution in [0.2, 0.25) is 0 Å². The van der Waals surface area contributed by atoms with Crippen molar-refractivity contribution in [3.63, 3.8) is 0 Å². The summed E-state index contributed by atoms with van der Waals surface area (Å²) < 4.78 is 5.69. The predicted molar refractivity (Wildman–Crippen MR) is 94.0 cm³/mol. The highest BCUT2D eigenvalue weighted by Gasteiger charge is 2.12. The third-order valence-corrected chi connectivity index (χ3v) is 3.25. The van der Waals surface area contributed by atoms with Crippen molar-refractivity contribution in [1.29, 1.82) is 0 Å². The molecule has 0 fully saturated rings. The van der Waals surface area contributed by atoms with E-state index < -0.39 is 0 Å². The van der Waals surface area contributed by atoms with Crippen LogP contribution in [0, 0.1) is 0 Å². The van der Waals surface area contributed by atoms with Gasteiger partial charge in [0.05, 0.1) is 0 Å². The molecule has 0 aromatic heterocycles. The summed E-state index contributed by atoms with van der Waals surface area (Å²) in [5.41, 5.74) is 0.641. The van der Waals surface area contributed by atoms with Crippen LogP contribution in [0.15, 0.2) is 67.3 Å². The Hall–Kier alpha value is -3.08. The molecule has 0 unspecified atom stereocenters. The van der Waals surface area contributed by atoms with Gasteiger partial charge in [-0.25, -0.2) is 0 Å². The summed E-state index contributed by atoms with van der Waals surface area (Å²) in [5, 5.41) is 2.75. The first-order valence-corrected chi connectivity index (χ1v) is 7.57. The fourth-order valence-corrected chi connectivity index (χ4v) is 2.07. The minimum absolute atomic E-state index is 0.0103. The molecular formula is C19H20N2O3. The lowest BCUT2D eigenvalue weighted by atomic mass is 10.3. The van der Waals surface area contributed by atoms with E-state index in [0.29, 0.717) is 18.0 Å². The standard InChI is InChI=1S/C19H20N2O3/c1-3-13-21(15(2)22)14-19(23)20-16-9-11-18(12-10-16)24-17-7-5-4-6-8-17/h3-12H,1,13-14H2,2H3,(H,20,23). The van der Waals surface area contributed by atoms with Crippen molar-refractivity contribution < 1.29 is 14.3 Å². The van der Waals surface area contributed by atoms with Crippen molar-refractivity contribution in [2.75, 3.05) is 18.4 Å². The fraction of sp³-hybridized carbons (Fsp3) is 0.158. The quantitative estimate of drug-likeness (QED) is 0.794. The molecule has 5 nitrogen and oxygen atoms in total. The molecular weight excluding hydrogens is 304 g/mol. The van der Waals surface area contributed by atoms with Crippen molar-refractivity contribution in [3.05, 3.63) is 67.3 Å². The maximum atomic E-state index is 12.0. The maximum Gasteiger partial charge on any atom is 0.244 e. The summed E-state index contributed by atoms with van der Waals surface area (Å²) in [5.74, 6) is 0.993. The molecule has 1 N–H and O–H groups in total. The van der Waals surface area contributed by atoms with E-state index in [2.05, 4.69) is 11.9 Å². The Morgan fingerprint density at radius 2 is 1.71 bits per heavy atom. The number of hydrogen-bond acceptors (Lipinski definition) is 3. The van der Waals surface area contributed by atoms with E-state index in [-0.39, 0.29) is 18.4 Å². The summed E-state index contributed by atoms with van der Waals surface area (Å²) in [6.45, 7) is 5.33. The number of carbonyl (C=O) groups excluding carboxylic acids is 2. The third kappa shape index (κ3) is 5.28. The van der Waals surface area contributed by atoms with Gasteiger partial charge >= 0.3 is 0 Å².